The maximum absolute atomic E-state index is 12.4. The van der Waals surface area contributed by atoms with Crippen molar-refractivity contribution in [2.45, 2.75) is 11.8 Å². The number of hydrogen-bond donors (Lipinski definition) is 2. The molecule has 5 nitrogen and oxygen atoms in total. The van der Waals surface area contributed by atoms with Crippen LogP contribution in [0.15, 0.2) is 77.7 Å². The molecule has 0 saturated carbocycles. The highest BCUT2D eigenvalue weighted by Crippen LogP contribution is 2.23. The van der Waals surface area contributed by atoms with E-state index >= 15 is 0 Å². The second-order valence-corrected chi connectivity index (χ2v) is 8.02. The Labute approximate surface area is 163 Å². The predicted octanol–water partition coefficient (Wildman–Crippen LogP) is 4.70. The van der Waals surface area contributed by atoms with Gasteiger partial charge in [-0.15, -0.1) is 0 Å². The molecule has 3 rings (SSSR count). The van der Waals surface area contributed by atoms with E-state index < -0.39 is 10.0 Å². The van der Waals surface area contributed by atoms with E-state index in [1.165, 1.54) is 24.3 Å². The molecule has 0 bridgehead atoms. The topological polar surface area (TPSA) is 75.3 Å². The van der Waals surface area contributed by atoms with Crippen molar-refractivity contribution < 1.29 is 13.2 Å². The molecule has 0 saturated heterocycles. The smallest absolute Gasteiger partial charge is 0.261 e. The first-order chi connectivity index (χ1) is 12.8. The predicted molar refractivity (Wildman–Crippen MR) is 108 cm³/mol. The van der Waals surface area contributed by atoms with Gasteiger partial charge in [0.25, 0.3) is 15.9 Å². The van der Waals surface area contributed by atoms with Gasteiger partial charge in [-0.05, 0) is 61.0 Å². The molecule has 7 heteroatoms. The zero-order valence-corrected chi connectivity index (χ0v) is 16.0. The minimum Gasteiger partial charge on any atom is -0.321 e. The number of aryl methyl sites for hydroxylation is 1. The van der Waals surface area contributed by atoms with Gasteiger partial charge in [0.05, 0.1) is 15.6 Å². The van der Waals surface area contributed by atoms with Crippen LogP contribution in [0, 0.1) is 6.92 Å². The average molecular weight is 401 g/mol. The van der Waals surface area contributed by atoms with E-state index in [1.807, 2.05) is 13.0 Å². The summed E-state index contributed by atoms with van der Waals surface area (Å²) in [5, 5.41) is 3.19. The SMILES string of the molecule is Cc1ccc(NC(=O)c2ccc(NS(=O)(=O)c3ccccc3)cc2)c(Cl)c1. The molecule has 0 unspecified atom stereocenters. The summed E-state index contributed by atoms with van der Waals surface area (Å²) in [6, 6.07) is 19.6. The molecule has 27 heavy (non-hydrogen) atoms. The van der Waals surface area contributed by atoms with Gasteiger partial charge in [0.2, 0.25) is 0 Å². The molecule has 0 aliphatic heterocycles. The maximum atomic E-state index is 12.4. The molecule has 3 aromatic rings. The van der Waals surface area contributed by atoms with Crippen molar-refractivity contribution in [1.82, 2.24) is 0 Å². The minimum atomic E-state index is -3.67. The van der Waals surface area contributed by atoms with E-state index in [0.29, 0.717) is 22.0 Å². The summed E-state index contributed by atoms with van der Waals surface area (Å²) in [6.07, 6.45) is 0. The summed E-state index contributed by atoms with van der Waals surface area (Å²) in [4.78, 5) is 12.5. The second kappa shape index (κ2) is 7.82. The standard InChI is InChI=1S/C20H17ClN2O3S/c1-14-7-12-19(18(21)13-14)22-20(24)15-8-10-16(11-9-15)23-27(25,26)17-5-3-2-4-6-17/h2-13,23H,1H3,(H,22,24). The summed E-state index contributed by atoms with van der Waals surface area (Å²) < 4.78 is 27.1. The fraction of sp³-hybridized carbons (Fsp3) is 0.0500. The molecular weight excluding hydrogens is 384 g/mol. The van der Waals surface area contributed by atoms with Crippen LogP contribution in [0.2, 0.25) is 5.02 Å². The lowest BCUT2D eigenvalue weighted by Crippen LogP contribution is -2.14. The zero-order chi connectivity index (χ0) is 19.4. The third-order valence-corrected chi connectivity index (χ3v) is 5.54. The third kappa shape index (κ3) is 4.67. The highest BCUT2D eigenvalue weighted by molar-refractivity contribution is 7.92. The van der Waals surface area contributed by atoms with Crippen molar-refractivity contribution in [3.8, 4) is 0 Å². The largest absolute Gasteiger partial charge is 0.321 e. The Kier molecular flexibility index (Phi) is 5.48. The molecule has 0 atom stereocenters. The summed E-state index contributed by atoms with van der Waals surface area (Å²) in [5.41, 5.74) is 2.26. The van der Waals surface area contributed by atoms with Crippen LogP contribution in [0.5, 0.6) is 0 Å². The first-order valence-electron chi connectivity index (χ1n) is 8.10. The molecule has 0 aliphatic carbocycles. The van der Waals surface area contributed by atoms with Gasteiger partial charge in [-0.1, -0.05) is 35.9 Å². The number of amides is 1. The van der Waals surface area contributed by atoms with Gasteiger partial charge >= 0.3 is 0 Å². The van der Waals surface area contributed by atoms with E-state index in [1.54, 1.807) is 42.5 Å². The highest BCUT2D eigenvalue weighted by atomic mass is 35.5. The van der Waals surface area contributed by atoms with E-state index in [2.05, 4.69) is 10.0 Å². The zero-order valence-electron chi connectivity index (χ0n) is 14.4. The Morgan fingerprint density at radius 1 is 0.926 bits per heavy atom. The van der Waals surface area contributed by atoms with Gasteiger partial charge < -0.3 is 5.32 Å². The van der Waals surface area contributed by atoms with Crippen molar-refractivity contribution >= 4 is 38.9 Å². The van der Waals surface area contributed by atoms with Gasteiger partial charge in [-0.25, -0.2) is 8.42 Å². The van der Waals surface area contributed by atoms with Crippen molar-refractivity contribution in [3.05, 3.63) is 88.9 Å². The third-order valence-electron chi connectivity index (χ3n) is 3.83. The van der Waals surface area contributed by atoms with Crippen LogP contribution >= 0.6 is 11.6 Å². The lowest BCUT2D eigenvalue weighted by atomic mass is 10.2. The Morgan fingerprint density at radius 3 is 2.22 bits per heavy atom. The lowest BCUT2D eigenvalue weighted by Gasteiger charge is -2.10. The first-order valence-corrected chi connectivity index (χ1v) is 9.97. The van der Waals surface area contributed by atoms with Crippen LogP contribution in [0.1, 0.15) is 15.9 Å². The van der Waals surface area contributed by atoms with Crippen LogP contribution in [-0.2, 0) is 10.0 Å². The van der Waals surface area contributed by atoms with Crippen LogP contribution in [-0.4, -0.2) is 14.3 Å². The summed E-state index contributed by atoms with van der Waals surface area (Å²) in [6.45, 7) is 1.91. The fourth-order valence-corrected chi connectivity index (χ4v) is 3.78. The van der Waals surface area contributed by atoms with E-state index in [-0.39, 0.29) is 10.8 Å². The molecule has 1 amide bonds. The summed E-state index contributed by atoms with van der Waals surface area (Å²) in [7, 11) is -3.67. The Bertz CT molecular complexity index is 1070. The monoisotopic (exact) mass is 400 g/mol. The van der Waals surface area contributed by atoms with Crippen molar-refractivity contribution in [1.29, 1.82) is 0 Å². The summed E-state index contributed by atoms with van der Waals surface area (Å²) in [5.74, 6) is -0.335. The number of hydrogen-bond acceptors (Lipinski definition) is 3. The van der Waals surface area contributed by atoms with Crippen LogP contribution < -0.4 is 10.0 Å². The number of anilines is 2. The first kappa shape index (κ1) is 18.9. The van der Waals surface area contributed by atoms with Crippen LogP contribution in [0.25, 0.3) is 0 Å². The fourth-order valence-electron chi connectivity index (χ4n) is 2.42. The highest BCUT2D eigenvalue weighted by Gasteiger charge is 2.14. The Hall–Kier alpha value is -2.83. The van der Waals surface area contributed by atoms with Gasteiger partial charge in [-0.2, -0.15) is 0 Å². The summed E-state index contributed by atoms with van der Waals surface area (Å²) >= 11 is 6.13. The molecule has 0 fully saturated rings. The average Bonchev–Trinajstić information content (AvgIpc) is 2.65. The Balaban J connectivity index is 1.72. The number of benzene rings is 3. The molecule has 0 radical (unpaired) electrons. The number of halogens is 1. The molecule has 0 aliphatic rings. The van der Waals surface area contributed by atoms with Crippen molar-refractivity contribution in [2.24, 2.45) is 0 Å². The second-order valence-electron chi connectivity index (χ2n) is 5.93. The molecule has 0 heterocycles. The molecular formula is C20H17ClN2O3S. The molecule has 3 aromatic carbocycles. The lowest BCUT2D eigenvalue weighted by molar-refractivity contribution is 0.102. The molecule has 2 N–H and O–H groups in total. The van der Waals surface area contributed by atoms with E-state index in [4.69, 9.17) is 11.6 Å². The van der Waals surface area contributed by atoms with Gasteiger partial charge in [0.15, 0.2) is 0 Å². The minimum absolute atomic E-state index is 0.167. The number of carbonyl (C=O) groups excluding carboxylic acids is 1. The number of sulfonamides is 1. The van der Waals surface area contributed by atoms with Gasteiger partial charge in [0, 0.05) is 11.3 Å². The molecule has 138 valence electrons. The van der Waals surface area contributed by atoms with Crippen LogP contribution in [0.4, 0.5) is 11.4 Å². The normalized spacial score (nSPS) is 11.0. The maximum Gasteiger partial charge on any atom is 0.261 e. The number of carbonyl (C=O) groups is 1. The quantitative estimate of drug-likeness (QED) is 0.651. The number of rotatable bonds is 5. The van der Waals surface area contributed by atoms with E-state index in [9.17, 15) is 13.2 Å². The van der Waals surface area contributed by atoms with E-state index in [0.717, 1.165) is 5.56 Å². The van der Waals surface area contributed by atoms with Crippen molar-refractivity contribution in [3.63, 3.8) is 0 Å². The number of nitrogens with one attached hydrogen (secondary N) is 2. The van der Waals surface area contributed by atoms with Gasteiger partial charge in [0.1, 0.15) is 0 Å². The van der Waals surface area contributed by atoms with Crippen molar-refractivity contribution in [2.75, 3.05) is 10.0 Å². The molecule has 0 aromatic heterocycles. The molecule has 0 spiro atoms. The Morgan fingerprint density at radius 2 is 1.59 bits per heavy atom. The van der Waals surface area contributed by atoms with Crippen LogP contribution in [0.3, 0.4) is 0 Å². The van der Waals surface area contributed by atoms with Gasteiger partial charge in [-0.3, -0.25) is 9.52 Å².